The molecule has 0 saturated carbocycles. The number of rotatable bonds is 6. The zero-order valence-electron chi connectivity index (χ0n) is 20.8. The summed E-state index contributed by atoms with van der Waals surface area (Å²) in [6, 6.07) is 6.94. The predicted octanol–water partition coefficient (Wildman–Crippen LogP) is 4.67. The van der Waals surface area contributed by atoms with Gasteiger partial charge in [0.1, 0.15) is 34.5 Å². The number of benzene rings is 1. The molecular formula is C26H26F2N4O4S. The number of nitrogens with zero attached hydrogens (tertiary/aromatic N) is 3. The molecule has 8 nitrogen and oxygen atoms in total. The summed E-state index contributed by atoms with van der Waals surface area (Å²) >= 11 is 1.46. The van der Waals surface area contributed by atoms with Crippen molar-refractivity contribution in [3.8, 4) is 5.75 Å². The van der Waals surface area contributed by atoms with Gasteiger partial charge in [0, 0.05) is 17.3 Å². The Balaban J connectivity index is 1.46. The third kappa shape index (κ3) is 4.81. The summed E-state index contributed by atoms with van der Waals surface area (Å²) in [5.41, 5.74) is -0.0902. The molecule has 4 heterocycles. The Morgan fingerprint density at radius 1 is 1.16 bits per heavy atom. The molecule has 1 amide bonds. The Kier molecular flexibility index (Phi) is 6.47. The van der Waals surface area contributed by atoms with Crippen molar-refractivity contribution < 1.29 is 27.8 Å². The number of halogens is 2. The normalized spacial score (nSPS) is 16.6. The molecule has 1 aliphatic rings. The lowest BCUT2D eigenvalue weighted by atomic mass is 10.0. The van der Waals surface area contributed by atoms with Crippen molar-refractivity contribution in [1.29, 1.82) is 0 Å². The molecule has 1 N–H and O–H groups in total. The average Bonchev–Trinajstić information content (AvgIpc) is 3.43. The van der Waals surface area contributed by atoms with Crippen LogP contribution < -0.4 is 10.1 Å². The lowest BCUT2D eigenvalue weighted by Gasteiger charge is -2.42. The highest BCUT2D eigenvalue weighted by Crippen LogP contribution is 2.34. The number of hydrogen-bond acceptors (Lipinski definition) is 7. The highest BCUT2D eigenvalue weighted by atomic mass is 32.1. The molecule has 3 aromatic heterocycles. The maximum atomic E-state index is 14.1. The summed E-state index contributed by atoms with van der Waals surface area (Å²) in [6.45, 7) is 7.30. The number of carbonyl (C=O) groups excluding carboxylic acids is 1. The fourth-order valence-electron chi connectivity index (χ4n) is 4.14. The summed E-state index contributed by atoms with van der Waals surface area (Å²) < 4.78 is 47.3. The monoisotopic (exact) mass is 528 g/mol. The van der Waals surface area contributed by atoms with Crippen molar-refractivity contribution in [2.24, 2.45) is 0 Å². The second kappa shape index (κ2) is 9.47. The second-order valence-corrected chi connectivity index (χ2v) is 10.6. The van der Waals surface area contributed by atoms with Crippen molar-refractivity contribution in [2.75, 3.05) is 13.2 Å². The first-order valence-corrected chi connectivity index (χ1v) is 12.5. The van der Waals surface area contributed by atoms with E-state index in [0.717, 1.165) is 4.88 Å². The van der Waals surface area contributed by atoms with Gasteiger partial charge >= 0.3 is 0 Å². The van der Waals surface area contributed by atoms with Crippen LogP contribution in [0.15, 0.2) is 42.7 Å². The highest BCUT2D eigenvalue weighted by Gasteiger charge is 2.45. The molecule has 37 heavy (non-hydrogen) atoms. The topological polar surface area (TPSA) is 87.0 Å². The summed E-state index contributed by atoms with van der Waals surface area (Å²) in [6.07, 6.45) is 3.42. The third-order valence-electron chi connectivity index (χ3n) is 6.15. The van der Waals surface area contributed by atoms with Crippen molar-refractivity contribution in [3.05, 3.63) is 81.2 Å². The van der Waals surface area contributed by atoms with Gasteiger partial charge in [0.2, 0.25) is 0 Å². The molecular weight excluding hydrogens is 502 g/mol. The minimum absolute atomic E-state index is 0.178. The van der Waals surface area contributed by atoms with Gasteiger partial charge in [-0.1, -0.05) is 6.07 Å². The zero-order valence-corrected chi connectivity index (χ0v) is 21.6. The average molecular weight is 529 g/mol. The maximum Gasteiger partial charge on any atom is 0.271 e. The van der Waals surface area contributed by atoms with Crippen LogP contribution in [0.25, 0.3) is 5.65 Å². The van der Waals surface area contributed by atoms with E-state index in [4.69, 9.17) is 14.2 Å². The van der Waals surface area contributed by atoms with Crippen molar-refractivity contribution in [2.45, 2.75) is 45.6 Å². The van der Waals surface area contributed by atoms with Crippen LogP contribution in [-0.2, 0) is 21.6 Å². The molecule has 1 saturated heterocycles. The maximum absolute atomic E-state index is 14.1. The number of carbonyl (C=O) groups is 1. The van der Waals surface area contributed by atoms with E-state index in [-0.39, 0.29) is 36.8 Å². The standard InChI is InChI=1S/C26H26F2N4O4S/c1-15-11-29-24(37-15)26(13-35-25(3,4)36-14-26)31-23(33)21-16(2)30-22-20(9-6-10-32(21)22)34-12-17-18(27)7-5-8-19(17)28/h5-11H,12-14H2,1-4H3,(H,31,33). The SMILES string of the molecule is Cc1cnc(C2(NC(=O)c3c(C)nc4c(OCc5c(F)cccc5F)cccn34)COC(C)(C)OC2)s1. The van der Waals surface area contributed by atoms with Gasteiger partial charge in [-0.15, -0.1) is 11.3 Å². The zero-order chi connectivity index (χ0) is 26.4. The van der Waals surface area contributed by atoms with Gasteiger partial charge in [0.25, 0.3) is 5.91 Å². The fraction of sp³-hybridized carbons (Fsp3) is 0.346. The quantitative estimate of drug-likeness (QED) is 0.391. The van der Waals surface area contributed by atoms with Crippen LogP contribution in [0.1, 0.15) is 45.5 Å². The Morgan fingerprint density at radius 3 is 2.51 bits per heavy atom. The van der Waals surface area contributed by atoms with Gasteiger partial charge in [-0.2, -0.15) is 0 Å². The number of ether oxygens (including phenoxy) is 3. The van der Waals surface area contributed by atoms with Gasteiger partial charge < -0.3 is 19.5 Å². The molecule has 0 aliphatic carbocycles. The van der Waals surface area contributed by atoms with Gasteiger partial charge in [0.05, 0.1) is 24.5 Å². The van der Waals surface area contributed by atoms with Gasteiger partial charge in [-0.3, -0.25) is 9.20 Å². The van der Waals surface area contributed by atoms with E-state index in [0.29, 0.717) is 16.3 Å². The molecule has 0 bridgehead atoms. The number of thiazole rings is 1. The number of pyridine rings is 1. The van der Waals surface area contributed by atoms with E-state index < -0.39 is 28.9 Å². The smallest absolute Gasteiger partial charge is 0.271 e. The summed E-state index contributed by atoms with van der Waals surface area (Å²) in [4.78, 5) is 23.7. The lowest BCUT2D eigenvalue weighted by Crippen LogP contribution is -2.58. The lowest BCUT2D eigenvalue weighted by molar-refractivity contribution is -0.272. The van der Waals surface area contributed by atoms with Crippen LogP contribution in [0, 0.1) is 25.5 Å². The van der Waals surface area contributed by atoms with Crippen LogP contribution in [0.3, 0.4) is 0 Å². The van der Waals surface area contributed by atoms with E-state index in [1.54, 1.807) is 35.9 Å². The van der Waals surface area contributed by atoms with E-state index in [2.05, 4.69) is 15.3 Å². The van der Waals surface area contributed by atoms with Crippen molar-refractivity contribution in [1.82, 2.24) is 19.7 Å². The third-order valence-corrected chi connectivity index (χ3v) is 7.27. The number of hydrogen-bond donors (Lipinski definition) is 1. The van der Waals surface area contributed by atoms with Gasteiger partial charge in [0.15, 0.2) is 17.2 Å². The second-order valence-electron chi connectivity index (χ2n) is 9.39. The minimum Gasteiger partial charge on any atom is -0.485 e. The van der Waals surface area contributed by atoms with Crippen LogP contribution in [0.4, 0.5) is 8.78 Å². The van der Waals surface area contributed by atoms with Crippen LogP contribution in [-0.4, -0.2) is 39.3 Å². The molecule has 0 spiro atoms. The van der Waals surface area contributed by atoms with Crippen LogP contribution in [0.5, 0.6) is 5.75 Å². The van der Waals surface area contributed by atoms with E-state index >= 15 is 0 Å². The van der Waals surface area contributed by atoms with Gasteiger partial charge in [-0.05, 0) is 52.0 Å². The Labute approximate surface area is 216 Å². The number of imidazole rings is 1. The molecule has 1 aliphatic heterocycles. The molecule has 5 rings (SSSR count). The first kappa shape index (κ1) is 25.2. The number of amides is 1. The summed E-state index contributed by atoms with van der Waals surface area (Å²) in [5.74, 6) is -2.31. The molecule has 0 radical (unpaired) electrons. The minimum atomic E-state index is -0.988. The molecule has 11 heteroatoms. The first-order valence-electron chi connectivity index (χ1n) is 11.7. The van der Waals surface area contributed by atoms with Gasteiger partial charge in [-0.25, -0.2) is 18.7 Å². The fourth-order valence-corrected chi connectivity index (χ4v) is 5.02. The largest absolute Gasteiger partial charge is 0.485 e. The molecule has 4 aromatic rings. The number of fused-ring (bicyclic) bond motifs is 1. The molecule has 0 atom stereocenters. The Bertz CT molecular complexity index is 1450. The van der Waals surface area contributed by atoms with E-state index in [1.165, 1.54) is 29.5 Å². The van der Waals surface area contributed by atoms with E-state index in [1.807, 2.05) is 20.8 Å². The molecule has 1 fully saturated rings. The Morgan fingerprint density at radius 2 is 1.86 bits per heavy atom. The van der Waals surface area contributed by atoms with Crippen LogP contribution in [0.2, 0.25) is 0 Å². The number of aromatic nitrogens is 3. The highest BCUT2D eigenvalue weighted by molar-refractivity contribution is 7.11. The predicted molar refractivity (Wildman–Crippen MR) is 133 cm³/mol. The molecule has 1 aromatic carbocycles. The van der Waals surface area contributed by atoms with Crippen molar-refractivity contribution in [3.63, 3.8) is 0 Å². The summed E-state index contributed by atoms with van der Waals surface area (Å²) in [5, 5.41) is 3.76. The molecule has 0 unspecified atom stereocenters. The first-order chi connectivity index (χ1) is 17.6. The Hall–Kier alpha value is -3.41. The van der Waals surface area contributed by atoms with Crippen LogP contribution >= 0.6 is 11.3 Å². The summed E-state index contributed by atoms with van der Waals surface area (Å²) in [7, 11) is 0. The molecule has 194 valence electrons. The van der Waals surface area contributed by atoms with Crippen molar-refractivity contribution >= 4 is 22.9 Å². The number of nitrogens with one attached hydrogen (secondary N) is 1. The van der Waals surface area contributed by atoms with E-state index in [9.17, 15) is 13.6 Å². The number of aryl methyl sites for hydroxylation is 2.